The maximum Gasteiger partial charge on any atom is 0.338 e. The van der Waals surface area contributed by atoms with Crippen LogP contribution < -0.4 is 10.6 Å². The average Bonchev–Trinajstić information content (AvgIpc) is 3.23. The number of hydrogen-bond donors (Lipinski definition) is 2. The van der Waals surface area contributed by atoms with E-state index in [1.165, 1.54) is 11.3 Å². The molecule has 0 spiro atoms. The first-order valence-corrected chi connectivity index (χ1v) is 10.8. The fourth-order valence-electron chi connectivity index (χ4n) is 3.67. The van der Waals surface area contributed by atoms with Gasteiger partial charge in [0.2, 0.25) is 0 Å². The van der Waals surface area contributed by atoms with E-state index in [4.69, 9.17) is 9.47 Å². The van der Waals surface area contributed by atoms with Crippen molar-refractivity contribution < 1.29 is 23.9 Å². The van der Waals surface area contributed by atoms with E-state index in [1.807, 2.05) is 17.5 Å². The van der Waals surface area contributed by atoms with Crippen LogP contribution >= 0.6 is 11.3 Å². The number of likely N-dealkylation sites (tertiary alicyclic amines) is 1. The Labute approximate surface area is 174 Å². The number of nitrogens with zero attached hydrogens (tertiary/aromatic N) is 1. The number of ether oxygens (including phenoxy) is 2. The van der Waals surface area contributed by atoms with Crippen molar-refractivity contribution in [3.05, 3.63) is 33.7 Å². The van der Waals surface area contributed by atoms with Crippen LogP contribution in [0.25, 0.3) is 0 Å². The molecular formula is C20H27N3O5S. The Hall–Kier alpha value is -2.39. The standard InChI is InChI=1S/C20H27N3O5S/c1-3-27-18(24)13-7-9-23(10-8-13)12-14-16(19(25)28-4-2)17(22-20(26)21-14)15-6-5-11-29-15/h5-6,11,13,17H,3-4,7-10,12H2,1-2H3,(H2,21,22,26). The molecule has 29 heavy (non-hydrogen) atoms. The number of nitrogens with one attached hydrogen (secondary N) is 2. The lowest BCUT2D eigenvalue weighted by Crippen LogP contribution is -2.49. The van der Waals surface area contributed by atoms with Gasteiger partial charge in [-0.25, -0.2) is 9.59 Å². The predicted molar refractivity (Wildman–Crippen MR) is 108 cm³/mol. The summed E-state index contributed by atoms with van der Waals surface area (Å²) in [6, 6.07) is 2.90. The minimum atomic E-state index is -0.533. The van der Waals surface area contributed by atoms with Gasteiger partial charge in [-0.1, -0.05) is 6.07 Å². The summed E-state index contributed by atoms with van der Waals surface area (Å²) in [5, 5.41) is 7.54. The summed E-state index contributed by atoms with van der Waals surface area (Å²) in [6.45, 7) is 6.00. The smallest absolute Gasteiger partial charge is 0.338 e. The number of rotatable bonds is 7. The van der Waals surface area contributed by atoms with Crippen molar-refractivity contribution in [1.29, 1.82) is 0 Å². The van der Waals surface area contributed by atoms with Crippen LogP contribution in [0.1, 0.15) is 37.6 Å². The summed E-state index contributed by atoms with van der Waals surface area (Å²) in [4.78, 5) is 40.0. The molecule has 3 heterocycles. The number of carbonyl (C=O) groups excluding carboxylic acids is 3. The Kier molecular flexibility index (Phi) is 7.27. The molecule has 2 N–H and O–H groups in total. The van der Waals surface area contributed by atoms with E-state index < -0.39 is 12.0 Å². The molecule has 2 aliphatic heterocycles. The van der Waals surface area contributed by atoms with Crippen molar-refractivity contribution in [2.75, 3.05) is 32.8 Å². The van der Waals surface area contributed by atoms with Crippen LogP contribution in [0, 0.1) is 5.92 Å². The van der Waals surface area contributed by atoms with Gasteiger partial charge in [-0.2, -0.15) is 0 Å². The van der Waals surface area contributed by atoms with Crippen LogP contribution in [-0.2, 0) is 19.1 Å². The molecule has 0 saturated carbocycles. The first-order chi connectivity index (χ1) is 14.0. The molecule has 0 aromatic carbocycles. The average molecular weight is 422 g/mol. The molecule has 0 bridgehead atoms. The second-order valence-electron chi connectivity index (χ2n) is 6.96. The van der Waals surface area contributed by atoms with Crippen molar-refractivity contribution in [3.8, 4) is 0 Å². The second-order valence-corrected chi connectivity index (χ2v) is 7.94. The summed E-state index contributed by atoms with van der Waals surface area (Å²) in [6.07, 6.45) is 1.39. The highest BCUT2D eigenvalue weighted by atomic mass is 32.1. The van der Waals surface area contributed by atoms with Gasteiger partial charge in [-0.15, -0.1) is 11.3 Å². The molecule has 1 atom stereocenters. The first-order valence-electron chi connectivity index (χ1n) is 9.93. The highest BCUT2D eigenvalue weighted by Gasteiger charge is 2.35. The Balaban J connectivity index is 1.78. The maximum atomic E-state index is 12.7. The minimum absolute atomic E-state index is 0.0915. The van der Waals surface area contributed by atoms with Crippen LogP contribution in [0.3, 0.4) is 0 Å². The van der Waals surface area contributed by atoms with Gasteiger partial charge in [0.25, 0.3) is 0 Å². The predicted octanol–water partition coefficient (Wildman–Crippen LogP) is 2.19. The quantitative estimate of drug-likeness (QED) is 0.655. The zero-order chi connectivity index (χ0) is 20.8. The topological polar surface area (TPSA) is 97.0 Å². The lowest BCUT2D eigenvalue weighted by molar-refractivity contribution is -0.149. The van der Waals surface area contributed by atoms with Gasteiger partial charge in [0, 0.05) is 17.1 Å². The second kappa shape index (κ2) is 9.89. The number of esters is 2. The number of piperidine rings is 1. The monoisotopic (exact) mass is 421 g/mol. The normalized spacial score (nSPS) is 20.8. The van der Waals surface area contributed by atoms with Crippen LogP contribution in [0.4, 0.5) is 4.79 Å². The molecule has 0 aliphatic carbocycles. The van der Waals surface area contributed by atoms with Crippen molar-refractivity contribution in [3.63, 3.8) is 0 Å². The van der Waals surface area contributed by atoms with Crippen molar-refractivity contribution in [2.24, 2.45) is 5.92 Å². The van der Waals surface area contributed by atoms with Crippen molar-refractivity contribution in [2.45, 2.75) is 32.7 Å². The summed E-state index contributed by atoms with van der Waals surface area (Å²) < 4.78 is 10.4. The summed E-state index contributed by atoms with van der Waals surface area (Å²) in [5.41, 5.74) is 0.988. The fourth-order valence-corrected chi connectivity index (χ4v) is 4.46. The number of hydrogen-bond acceptors (Lipinski definition) is 7. The molecule has 9 heteroatoms. The van der Waals surface area contributed by atoms with E-state index in [0.717, 1.165) is 4.88 Å². The molecule has 1 fully saturated rings. The maximum absolute atomic E-state index is 12.7. The van der Waals surface area contributed by atoms with Gasteiger partial charge in [0.05, 0.1) is 30.7 Å². The molecule has 1 aromatic heterocycles. The highest BCUT2D eigenvalue weighted by Crippen LogP contribution is 2.31. The van der Waals surface area contributed by atoms with E-state index >= 15 is 0 Å². The Bertz CT molecular complexity index is 769. The van der Waals surface area contributed by atoms with E-state index in [1.54, 1.807) is 13.8 Å². The SMILES string of the molecule is CCOC(=O)C1=C(CN2CCC(C(=O)OCC)CC2)NC(=O)NC1c1cccs1. The molecular weight excluding hydrogens is 394 g/mol. The van der Waals surface area contributed by atoms with Crippen LogP contribution in [0.5, 0.6) is 0 Å². The third-order valence-electron chi connectivity index (χ3n) is 5.07. The van der Waals surface area contributed by atoms with Gasteiger partial charge >= 0.3 is 18.0 Å². The summed E-state index contributed by atoms with van der Waals surface area (Å²) in [7, 11) is 0. The van der Waals surface area contributed by atoms with Crippen molar-refractivity contribution in [1.82, 2.24) is 15.5 Å². The van der Waals surface area contributed by atoms with Gasteiger partial charge in [0.15, 0.2) is 0 Å². The molecule has 0 radical (unpaired) electrons. The molecule has 2 aliphatic rings. The molecule has 8 nitrogen and oxygen atoms in total. The van der Waals surface area contributed by atoms with E-state index in [-0.39, 0.29) is 24.5 Å². The van der Waals surface area contributed by atoms with Crippen molar-refractivity contribution >= 4 is 29.3 Å². The largest absolute Gasteiger partial charge is 0.466 e. The lowest BCUT2D eigenvalue weighted by atomic mass is 9.96. The molecule has 2 amide bonds. The molecule has 1 unspecified atom stereocenters. The zero-order valence-corrected chi connectivity index (χ0v) is 17.5. The summed E-state index contributed by atoms with van der Waals surface area (Å²) in [5.74, 6) is -0.674. The van der Waals surface area contributed by atoms with E-state index in [0.29, 0.717) is 50.4 Å². The number of urea groups is 1. The molecule has 1 saturated heterocycles. The molecule has 3 rings (SSSR count). The van der Waals surface area contributed by atoms with Gasteiger partial charge in [-0.05, 0) is 51.2 Å². The Morgan fingerprint density at radius 3 is 2.55 bits per heavy atom. The van der Waals surface area contributed by atoms with Gasteiger partial charge < -0.3 is 20.1 Å². The molecule has 1 aromatic rings. The van der Waals surface area contributed by atoms with Crippen LogP contribution in [0.15, 0.2) is 28.8 Å². The molecule has 158 valence electrons. The van der Waals surface area contributed by atoms with Gasteiger partial charge in [0.1, 0.15) is 0 Å². The van der Waals surface area contributed by atoms with E-state index in [9.17, 15) is 14.4 Å². The van der Waals surface area contributed by atoms with Gasteiger partial charge in [-0.3, -0.25) is 9.69 Å². The number of thiophene rings is 1. The highest BCUT2D eigenvalue weighted by molar-refractivity contribution is 7.10. The Morgan fingerprint density at radius 1 is 1.21 bits per heavy atom. The third-order valence-corrected chi connectivity index (χ3v) is 6.00. The van der Waals surface area contributed by atoms with Crippen LogP contribution in [-0.4, -0.2) is 55.7 Å². The minimum Gasteiger partial charge on any atom is -0.466 e. The lowest BCUT2D eigenvalue weighted by Gasteiger charge is -2.34. The summed E-state index contributed by atoms with van der Waals surface area (Å²) >= 11 is 1.48. The fraction of sp³-hybridized carbons (Fsp3) is 0.550. The first kappa shape index (κ1) is 21.3. The van der Waals surface area contributed by atoms with Crippen LogP contribution in [0.2, 0.25) is 0 Å². The number of amides is 2. The Morgan fingerprint density at radius 2 is 1.93 bits per heavy atom. The van der Waals surface area contributed by atoms with E-state index in [2.05, 4.69) is 15.5 Å². The third kappa shape index (κ3) is 5.16. The number of carbonyl (C=O) groups is 3. The zero-order valence-electron chi connectivity index (χ0n) is 16.7.